The number of ether oxygens (including phenoxy) is 2. The minimum absolute atomic E-state index is 0.00958. The minimum Gasteiger partial charge on any atom is -0.493 e. The third-order valence-electron chi connectivity index (χ3n) is 2.62. The van der Waals surface area contributed by atoms with Crippen molar-refractivity contribution in [2.75, 3.05) is 14.2 Å². The second kappa shape index (κ2) is 5.90. The second-order valence-electron chi connectivity index (χ2n) is 3.72. The fourth-order valence-electron chi connectivity index (χ4n) is 1.70. The highest BCUT2D eigenvalue weighted by Crippen LogP contribution is 2.37. The summed E-state index contributed by atoms with van der Waals surface area (Å²) >= 11 is 0. The molecule has 0 N–H and O–H groups in total. The lowest BCUT2D eigenvalue weighted by molar-refractivity contribution is -0.108. The van der Waals surface area contributed by atoms with Gasteiger partial charge in [-0.1, -0.05) is 6.92 Å². The molecule has 1 rings (SSSR count). The number of methoxy groups -OCH3 is 2. The third-order valence-corrected chi connectivity index (χ3v) is 2.62. The molecule has 0 spiro atoms. The van der Waals surface area contributed by atoms with Gasteiger partial charge in [0.05, 0.1) is 25.9 Å². The quantitative estimate of drug-likeness (QED) is 0.732. The van der Waals surface area contributed by atoms with Crippen LogP contribution in [-0.2, 0) is 4.79 Å². The number of nitriles is 1. The summed E-state index contributed by atoms with van der Waals surface area (Å²) in [5, 5.41) is 8.94. The van der Waals surface area contributed by atoms with E-state index in [0.29, 0.717) is 23.5 Å². The van der Waals surface area contributed by atoms with Crippen molar-refractivity contribution in [1.29, 1.82) is 5.26 Å². The number of carbonyl (C=O) groups excluding carboxylic acids is 1. The van der Waals surface area contributed by atoms with Gasteiger partial charge in [0.15, 0.2) is 11.5 Å². The van der Waals surface area contributed by atoms with Gasteiger partial charge in [-0.15, -0.1) is 0 Å². The average molecular weight is 233 g/mol. The second-order valence-corrected chi connectivity index (χ2v) is 3.72. The van der Waals surface area contributed by atoms with E-state index in [0.717, 1.165) is 11.8 Å². The van der Waals surface area contributed by atoms with E-state index in [9.17, 15) is 4.79 Å². The van der Waals surface area contributed by atoms with Crippen LogP contribution in [0.3, 0.4) is 0 Å². The molecular weight excluding hydrogens is 218 g/mol. The van der Waals surface area contributed by atoms with Crippen LogP contribution in [0.25, 0.3) is 0 Å². The van der Waals surface area contributed by atoms with E-state index in [-0.39, 0.29) is 5.92 Å². The maximum Gasteiger partial charge on any atom is 0.164 e. The van der Waals surface area contributed by atoms with Gasteiger partial charge in [-0.05, 0) is 12.0 Å². The van der Waals surface area contributed by atoms with Crippen molar-refractivity contribution in [2.24, 2.45) is 0 Å². The van der Waals surface area contributed by atoms with Gasteiger partial charge >= 0.3 is 0 Å². The van der Waals surface area contributed by atoms with Crippen LogP contribution in [0, 0.1) is 11.3 Å². The lowest BCUT2D eigenvalue weighted by atomic mass is 9.95. The first-order valence-electron chi connectivity index (χ1n) is 5.27. The smallest absolute Gasteiger partial charge is 0.164 e. The maximum atomic E-state index is 10.6. The Bertz CT molecular complexity index is 449. The van der Waals surface area contributed by atoms with Crippen molar-refractivity contribution in [2.45, 2.75) is 19.3 Å². The Morgan fingerprint density at radius 2 is 2.12 bits per heavy atom. The zero-order chi connectivity index (χ0) is 12.8. The maximum absolute atomic E-state index is 10.6. The fourth-order valence-corrected chi connectivity index (χ4v) is 1.70. The van der Waals surface area contributed by atoms with Crippen molar-refractivity contribution in [3.8, 4) is 17.6 Å². The molecule has 0 aliphatic heterocycles. The number of hydrogen-bond acceptors (Lipinski definition) is 4. The van der Waals surface area contributed by atoms with Gasteiger partial charge in [0.2, 0.25) is 0 Å². The average Bonchev–Trinajstić information content (AvgIpc) is 2.37. The van der Waals surface area contributed by atoms with E-state index >= 15 is 0 Å². The predicted octanol–water partition coefficient (Wildman–Crippen LogP) is 2.27. The van der Waals surface area contributed by atoms with Crippen LogP contribution in [0.5, 0.6) is 11.5 Å². The van der Waals surface area contributed by atoms with Crippen LogP contribution in [0.2, 0.25) is 0 Å². The summed E-state index contributed by atoms with van der Waals surface area (Å²) in [6, 6.07) is 5.42. The molecule has 0 aliphatic carbocycles. The molecule has 0 radical (unpaired) electrons. The molecular formula is C13H15NO3. The summed E-state index contributed by atoms with van der Waals surface area (Å²) in [6.45, 7) is 1.91. The van der Waals surface area contributed by atoms with E-state index < -0.39 is 0 Å². The van der Waals surface area contributed by atoms with E-state index in [1.165, 1.54) is 7.11 Å². The summed E-state index contributed by atoms with van der Waals surface area (Å²) in [5.41, 5.74) is 1.31. The highest BCUT2D eigenvalue weighted by atomic mass is 16.5. The molecule has 17 heavy (non-hydrogen) atoms. The summed E-state index contributed by atoms with van der Waals surface area (Å²) in [4.78, 5) is 10.6. The topological polar surface area (TPSA) is 59.3 Å². The third kappa shape index (κ3) is 2.76. The highest BCUT2D eigenvalue weighted by molar-refractivity contribution is 5.57. The lowest BCUT2D eigenvalue weighted by Gasteiger charge is -2.16. The van der Waals surface area contributed by atoms with E-state index in [1.54, 1.807) is 19.2 Å². The summed E-state index contributed by atoms with van der Waals surface area (Å²) in [7, 11) is 3.06. The molecule has 0 fully saturated rings. The SMILES string of the molecule is COc1cc(C#N)cc(C(C)CC=O)c1OC. The molecule has 0 saturated heterocycles. The number of aldehydes is 1. The Morgan fingerprint density at radius 3 is 2.59 bits per heavy atom. The molecule has 1 aromatic carbocycles. The minimum atomic E-state index is -0.00958. The molecule has 0 bridgehead atoms. The van der Waals surface area contributed by atoms with Crippen LogP contribution in [0.15, 0.2) is 12.1 Å². The van der Waals surface area contributed by atoms with Gasteiger partial charge in [0, 0.05) is 18.1 Å². The van der Waals surface area contributed by atoms with Crippen LogP contribution < -0.4 is 9.47 Å². The Balaban J connectivity index is 3.34. The van der Waals surface area contributed by atoms with Crippen LogP contribution >= 0.6 is 0 Å². The largest absolute Gasteiger partial charge is 0.493 e. The number of nitrogens with zero attached hydrogens (tertiary/aromatic N) is 1. The predicted molar refractivity (Wildman–Crippen MR) is 63.4 cm³/mol. The molecule has 0 saturated carbocycles. The molecule has 0 amide bonds. The fraction of sp³-hybridized carbons (Fsp3) is 0.385. The normalized spacial score (nSPS) is 11.4. The van der Waals surface area contributed by atoms with Crippen LogP contribution in [0.4, 0.5) is 0 Å². The molecule has 0 aromatic heterocycles. The molecule has 1 aromatic rings. The van der Waals surface area contributed by atoms with Gasteiger partial charge in [0.25, 0.3) is 0 Å². The standard InChI is InChI=1S/C13H15NO3/c1-9(4-5-15)11-6-10(8-14)7-12(16-2)13(11)17-3/h5-7,9H,4H2,1-3H3. The number of benzene rings is 1. The molecule has 4 heteroatoms. The Morgan fingerprint density at radius 1 is 1.41 bits per heavy atom. The van der Waals surface area contributed by atoms with Crippen molar-refractivity contribution in [3.63, 3.8) is 0 Å². The van der Waals surface area contributed by atoms with Gasteiger partial charge in [-0.3, -0.25) is 0 Å². The van der Waals surface area contributed by atoms with Crippen molar-refractivity contribution in [1.82, 2.24) is 0 Å². The number of carbonyl (C=O) groups is 1. The van der Waals surface area contributed by atoms with E-state index in [2.05, 4.69) is 6.07 Å². The molecule has 1 unspecified atom stereocenters. The van der Waals surface area contributed by atoms with Crippen molar-refractivity contribution >= 4 is 6.29 Å². The van der Waals surface area contributed by atoms with E-state index in [1.807, 2.05) is 6.92 Å². The first kappa shape index (κ1) is 13.0. The zero-order valence-corrected chi connectivity index (χ0v) is 10.2. The molecule has 0 aliphatic rings. The zero-order valence-electron chi connectivity index (χ0n) is 10.2. The number of hydrogen-bond donors (Lipinski definition) is 0. The summed E-state index contributed by atoms with van der Waals surface area (Å²) in [6.07, 6.45) is 1.24. The number of rotatable bonds is 5. The van der Waals surface area contributed by atoms with Gasteiger partial charge in [0.1, 0.15) is 6.29 Å². The molecule has 4 nitrogen and oxygen atoms in total. The summed E-state index contributed by atoms with van der Waals surface area (Å²) < 4.78 is 10.5. The molecule has 0 heterocycles. The molecule has 90 valence electrons. The van der Waals surface area contributed by atoms with Crippen LogP contribution in [-0.4, -0.2) is 20.5 Å². The van der Waals surface area contributed by atoms with Gasteiger partial charge in [-0.25, -0.2) is 0 Å². The first-order valence-corrected chi connectivity index (χ1v) is 5.27. The van der Waals surface area contributed by atoms with Gasteiger partial charge < -0.3 is 14.3 Å². The van der Waals surface area contributed by atoms with Crippen LogP contribution in [0.1, 0.15) is 30.4 Å². The monoisotopic (exact) mass is 233 g/mol. The first-order chi connectivity index (χ1) is 8.17. The van der Waals surface area contributed by atoms with Gasteiger partial charge in [-0.2, -0.15) is 5.26 Å². The Labute approximate surface area is 101 Å². The Kier molecular flexibility index (Phi) is 4.53. The van der Waals surface area contributed by atoms with E-state index in [4.69, 9.17) is 14.7 Å². The van der Waals surface area contributed by atoms with Crippen molar-refractivity contribution in [3.05, 3.63) is 23.3 Å². The van der Waals surface area contributed by atoms with Crippen molar-refractivity contribution < 1.29 is 14.3 Å². The Hall–Kier alpha value is -2.02. The molecule has 1 atom stereocenters. The lowest BCUT2D eigenvalue weighted by Crippen LogP contribution is -2.01. The summed E-state index contributed by atoms with van der Waals surface area (Å²) in [5.74, 6) is 1.09. The highest BCUT2D eigenvalue weighted by Gasteiger charge is 2.17.